The lowest BCUT2D eigenvalue weighted by Crippen LogP contribution is -2.21. The molecule has 1 aliphatic heterocycles. The molecule has 2 aromatic carbocycles. The maximum absolute atomic E-state index is 6.03. The number of hydrogen-bond acceptors (Lipinski definition) is 5. The molecule has 0 fully saturated rings. The maximum atomic E-state index is 6.03. The highest BCUT2D eigenvalue weighted by Crippen LogP contribution is 2.20. The predicted octanol–water partition coefficient (Wildman–Crippen LogP) is 4.13. The molecule has 0 radical (unpaired) electrons. The molecule has 5 nitrogen and oxygen atoms in total. The first-order chi connectivity index (χ1) is 12.8. The fourth-order valence-electron chi connectivity index (χ4n) is 2.80. The minimum atomic E-state index is 0.428. The number of para-hydroxylation sites is 1. The van der Waals surface area contributed by atoms with Gasteiger partial charge in [0.25, 0.3) is 0 Å². The average molecular weight is 352 g/mol. The standard InChI is InChI=1S/C21H24N2O3/c1-16-9-3-6-12-19(16)26-15-17-10-4-5-11-18(17)20(23-24-2)21-22-13-7-8-14-25-21/h3-6,9-12H,7-8,13-15H2,1-2H3/b23-20-. The van der Waals surface area contributed by atoms with E-state index in [0.29, 0.717) is 24.8 Å². The van der Waals surface area contributed by atoms with Crippen molar-refractivity contribution in [2.24, 2.45) is 10.1 Å². The molecule has 0 N–H and O–H groups in total. The molecule has 0 bridgehead atoms. The number of aryl methyl sites for hydroxylation is 1. The third-order valence-electron chi connectivity index (χ3n) is 4.18. The summed E-state index contributed by atoms with van der Waals surface area (Å²) in [6, 6.07) is 15.9. The molecule has 0 saturated carbocycles. The molecule has 0 spiro atoms. The van der Waals surface area contributed by atoms with E-state index in [2.05, 4.69) is 10.1 Å². The maximum Gasteiger partial charge on any atom is 0.239 e. The summed E-state index contributed by atoms with van der Waals surface area (Å²) in [5, 5.41) is 4.20. The second kappa shape index (κ2) is 9.04. The van der Waals surface area contributed by atoms with Crippen molar-refractivity contribution < 1.29 is 14.3 Å². The Morgan fingerprint density at radius 1 is 1.12 bits per heavy atom. The molecule has 26 heavy (non-hydrogen) atoms. The van der Waals surface area contributed by atoms with Crippen molar-refractivity contribution in [2.45, 2.75) is 26.4 Å². The summed E-state index contributed by atoms with van der Waals surface area (Å²) in [7, 11) is 1.53. The molecule has 5 heteroatoms. The quantitative estimate of drug-likeness (QED) is 0.580. The molecular formula is C21H24N2O3. The van der Waals surface area contributed by atoms with E-state index in [0.717, 1.165) is 41.8 Å². The topological polar surface area (TPSA) is 52.4 Å². The summed E-state index contributed by atoms with van der Waals surface area (Å²) < 4.78 is 11.8. The summed E-state index contributed by atoms with van der Waals surface area (Å²) in [5.74, 6) is 1.41. The zero-order valence-electron chi connectivity index (χ0n) is 15.3. The highest BCUT2D eigenvalue weighted by Gasteiger charge is 2.19. The Kier molecular flexibility index (Phi) is 6.25. The second-order valence-corrected chi connectivity index (χ2v) is 6.08. The first-order valence-corrected chi connectivity index (χ1v) is 8.85. The van der Waals surface area contributed by atoms with E-state index in [4.69, 9.17) is 14.3 Å². The van der Waals surface area contributed by atoms with E-state index >= 15 is 0 Å². The Balaban J connectivity index is 1.88. The number of hydrogen-bond donors (Lipinski definition) is 0. The van der Waals surface area contributed by atoms with E-state index in [1.807, 2.05) is 55.5 Å². The number of ether oxygens (including phenoxy) is 2. The number of oxime groups is 1. The summed E-state index contributed by atoms with van der Waals surface area (Å²) in [6.45, 7) is 3.84. The van der Waals surface area contributed by atoms with E-state index in [-0.39, 0.29) is 0 Å². The van der Waals surface area contributed by atoms with Crippen LogP contribution in [0.15, 0.2) is 58.7 Å². The van der Waals surface area contributed by atoms with Gasteiger partial charge in [0.05, 0.1) is 6.61 Å². The molecule has 136 valence electrons. The van der Waals surface area contributed by atoms with Crippen molar-refractivity contribution in [1.82, 2.24) is 0 Å². The van der Waals surface area contributed by atoms with Gasteiger partial charge in [0.2, 0.25) is 5.90 Å². The van der Waals surface area contributed by atoms with Gasteiger partial charge in [-0.2, -0.15) is 0 Å². The van der Waals surface area contributed by atoms with Crippen molar-refractivity contribution in [1.29, 1.82) is 0 Å². The highest BCUT2D eigenvalue weighted by atomic mass is 16.6. The lowest BCUT2D eigenvalue weighted by Gasteiger charge is -2.15. The zero-order valence-corrected chi connectivity index (χ0v) is 15.3. The van der Waals surface area contributed by atoms with Gasteiger partial charge in [-0.25, -0.2) is 4.99 Å². The average Bonchev–Trinajstić information content (AvgIpc) is 2.95. The van der Waals surface area contributed by atoms with Gasteiger partial charge in [-0.3, -0.25) is 0 Å². The van der Waals surface area contributed by atoms with E-state index in [1.165, 1.54) is 7.11 Å². The monoisotopic (exact) mass is 352 g/mol. The Bertz CT molecular complexity index is 799. The Morgan fingerprint density at radius 2 is 1.92 bits per heavy atom. The van der Waals surface area contributed by atoms with Gasteiger partial charge in [0.15, 0.2) is 5.71 Å². The van der Waals surface area contributed by atoms with Crippen molar-refractivity contribution in [3.8, 4) is 5.75 Å². The molecule has 0 atom stereocenters. The normalized spacial score (nSPS) is 14.8. The van der Waals surface area contributed by atoms with Crippen LogP contribution >= 0.6 is 0 Å². The van der Waals surface area contributed by atoms with Crippen LogP contribution in [0, 0.1) is 6.92 Å². The van der Waals surface area contributed by atoms with Crippen LogP contribution < -0.4 is 4.74 Å². The van der Waals surface area contributed by atoms with Gasteiger partial charge in [0.1, 0.15) is 19.5 Å². The van der Waals surface area contributed by atoms with Gasteiger partial charge >= 0.3 is 0 Å². The summed E-state index contributed by atoms with van der Waals surface area (Å²) in [5.41, 5.74) is 3.62. The van der Waals surface area contributed by atoms with Gasteiger partial charge in [-0.15, -0.1) is 0 Å². The Hall–Kier alpha value is -2.82. The first-order valence-electron chi connectivity index (χ1n) is 8.85. The minimum absolute atomic E-state index is 0.428. The first kappa shape index (κ1) is 18.0. The smallest absolute Gasteiger partial charge is 0.239 e. The van der Waals surface area contributed by atoms with Crippen LogP contribution in [0.25, 0.3) is 0 Å². The van der Waals surface area contributed by atoms with E-state index in [9.17, 15) is 0 Å². The number of rotatable bonds is 6. The van der Waals surface area contributed by atoms with Crippen LogP contribution in [0.2, 0.25) is 0 Å². The SMILES string of the molecule is CO/N=C(\C1=NCCCCO1)c1ccccc1COc1ccccc1C. The molecule has 0 aromatic heterocycles. The summed E-state index contributed by atoms with van der Waals surface area (Å²) >= 11 is 0. The van der Waals surface area contributed by atoms with Crippen molar-refractivity contribution in [3.63, 3.8) is 0 Å². The number of nitrogens with zero attached hydrogens (tertiary/aromatic N) is 2. The molecular weight excluding hydrogens is 328 g/mol. The third-order valence-corrected chi connectivity index (χ3v) is 4.18. The molecule has 1 heterocycles. The third kappa shape index (κ3) is 4.42. The van der Waals surface area contributed by atoms with Gasteiger partial charge in [-0.05, 0) is 37.0 Å². The van der Waals surface area contributed by atoms with E-state index in [1.54, 1.807) is 0 Å². The molecule has 0 unspecified atom stereocenters. The fraction of sp³-hybridized carbons (Fsp3) is 0.333. The van der Waals surface area contributed by atoms with E-state index < -0.39 is 0 Å². The molecule has 3 rings (SSSR count). The van der Waals surface area contributed by atoms with Crippen molar-refractivity contribution in [2.75, 3.05) is 20.3 Å². The Labute approximate surface area is 154 Å². The second-order valence-electron chi connectivity index (χ2n) is 6.08. The number of benzene rings is 2. The molecule has 2 aromatic rings. The van der Waals surface area contributed by atoms with Crippen LogP contribution in [0.5, 0.6) is 5.75 Å². The predicted molar refractivity (Wildman–Crippen MR) is 103 cm³/mol. The lowest BCUT2D eigenvalue weighted by molar-refractivity contribution is 0.213. The summed E-state index contributed by atoms with van der Waals surface area (Å²) in [6.07, 6.45) is 2.01. The zero-order chi connectivity index (χ0) is 18.2. The highest BCUT2D eigenvalue weighted by molar-refractivity contribution is 6.45. The van der Waals surface area contributed by atoms with Gasteiger partial charge in [0, 0.05) is 12.1 Å². The minimum Gasteiger partial charge on any atom is -0.489 e. The Morgan fingerprint density at radius 3 is 2.77 bits per heavy atom. The van der Waals surface area contributed by atoms with Crippen LogP contribution in [0.3, 0.4) is 0 Å². The molecule has 0 aliphatic carbocycles. The summed E-state index contributed by atoms with van der Waals surface area (Å²) in [4.78, 5) is 9.61. The number of aliphatic imine (C=N–C) groups is 1. The van der Waals surface area contributed by atoms with Gasteiger partial charge < -0.3 is 14.3 Å². The van der Waals surface area contributed by atoms with Crippen LogP contribution in [0.1, 0.15) is 29.5 Å². The largest absolute Gasteiger partial charge is 0.489 e. The van der Waals surface area contributed by atoms with Crippen LogP contribution in [-0.4, -0.2) is 31.9 Å². The van der Waals surface area contributed by atoms with Crippen LogP contribution in [-0.2, 0) is 16.2 Å². The van der Waals surface area contributed by atoms with Crippen molar-refractivity contribution >= 4 is 11.6 Å². The van der Waals surface area contributed by atoms with Crippen molar-refractivity contribution in [3.05, 3.63) is 65.2 Å². The molecule has 1 aliphatic rings. The lowest BCUT2D eigenvalue weighted by atomic mass is 10.0. The molecule has 0 amide bonds. The van der Waals surface area contributed by atoms with Crippen LogP contribution in [0.4, 0.5) is 0 Å². The fourth-order valence-corrected chi connectivity index (χ4v) is 2.80. The van der Waals surface area contributed by atoms with Gasteiger partial charge in [-0.1, -0.05) is 47.6 Å². The molecule has 0 saturated heterocycles.